The molecule has 0 unspecified atom stereocenters. The van der Waals surface area contributed by atoms with Crippen LogP contribution in [0.25, 0.3) is 0 Å². The van der Waals surface area contributed by atoms with Crippen molar-refractivity contribution in [1.29, 1.82) is 0 Å². The van der Waals surface area contributed by atoms with Crippen LogP contribution in [0.5, 0.6) is 23.0 Å². The Morgan fingerprint density at radius 2 is 0.833 bits per heavy atom. The fourth-order valence-electron chi connectivity index (χ4n) is 2.81. The molecule has 0 atom stereocenters. The summed E-state index contributed by atoms with van der Waals surface area (Å²) in [6, 6.07) is 0.343. The Hall–Kier alpha value is -3.98. The van der Waals surface area contributed by atoms with Gasteiger partial charge in [-0.1, -0.05) is 0 Å². The van der Waals surface area contributed by atoms with E-state index in [1.54, 1.807) is 0 Å². The van der Waals surface area contributed by atoms with Crippen LogP contribution in [-0.4, -0.2) is 0 Å². The quantitative estimate of drug-likeness (QED) is 0.271. The maximum Gasteiger partial charge on any atom is 0.422 e. The highest BCUT2D eigenvalue weighted by atomic mass is 19.4. The van der Waals surface area contributed by atoms with Crippen molar-refractivity contribution in [1.82, 2.24) is 0 Å². The average molecular weight is 536 g/mol. The molecule has 0 saturated heterocycles. The van der Waals surface area contributed by atoms with Crippen LogP contribution in [0.4, 0.5) is 64.1 Å². The van der Waals surface area contributed by atoms with Crippen LogP contribution in [0.2, 0.25) is 0 Å². The molecule has 3 rings (SSSR count). The van der Waals surface area contributed by atoms with E-state index in [2.05, 4.69) is 9.47 Å². The van der Waals surface area contributed by atoms with Crippen LogP contribution in [0.3, 0.4) is 0 Å². The Bertz CT molecular complexity index is 1250. The van der Waals surface area contributed by atoms with Gasteiger partial charge in [0.05, 0.1) is 11.4 Å². The normalized spacial score (nSPS) is 12.1. The molecule has 3 aromatic carbocycles. The minimum absolute atomic E-state index is 0.0235. The molecule has 4 N–H and O–H groups in total. The van der Waals surface area contributed by atoms with Gasteiger partial charge >= 0.3 is 12.4 Å². The molecule has 3 aromatic rings. The summed E-state index contributed by atoms with van der Waals surface area (Å²) >= 11 is 0. The molecule has 36 heavy (non-hydrogen) atoms. The van der Waals surface area contributed by atoms with E-state index in [0.717, 1.165) is 0 Å². The van der Waals surface area contributed by atoms with E-state index in [4.69, 9.17) is 11.5 Å². The summed E-state index contributed by atoms with van der Waals surface area (Å²) in [6.07, 6.45) is -12.2. The Balaban J connectivity index is 2.38. The van der Waals surface area contributed by atoms with Crippen molar-refractivity contribution in [2.24, 2.45) is 0 Å². The van der Waals surface area contributed by atoms with Gasteiger partial charge in [0.25, 0.3) is 0 Å². The zero-order valence-electron chi connectivity index (χ0n) is 16.8. The first-order valence-corrected chi connectivity index (χ1v) is 8.97. The Kier molecular flexibility index (Phi) is 6.59. The summed E-state index contributed by atoms with van der Waals surface area (Å²) in [5, 5.41) is 0. The molecule has 4 nitrogen and oxygen atoms in total. The average Bonchev–Trinajstić information content (AvgIpc) is 2.71. The predicted octanol–water partition coefficient (Wildman–Crippen LogP) is 7.31. The van der Waals surface area contributed by atoms with E-state index in [9.17, 15) is 48.3 Å². The first-order chi connectivity index (χ1) is 16.4. The summed E-state index contributed by atoms with van der Waals surface area (Å²) in [5.41, 5.74) is 2.34. The van der Waals surface area contributed by atoms with Crippen LogP contribution in [0.1, 0.15) is 11.1 Å². The van der Waals surface area contributed by atoms with Crippen LogP contribution >= 0.6 is 0 Å². The van der Waals surface area contributed by atoms with Crippen molar-refractivity contribution < 1.29 is 62.2 Å². The van der Waals surface area contributed by atoms with Gasteiger partial charge in [0.1, 0.15) is 22.8 Å². The third-order valence-electron chi connectivity index (χ3n) is 4.39. The molecular weight excluding hydrogens is 528 g/mol. The SMILES string of the molecule is Nc1cc(Oc2c(F)c(Oc3cc(N)c(F)cc3F)c(C(F)(F)F)c(F)c2C(F)(F)F)c(F)cc1F. The smallest absolute Gasteiger partial charge is 0.422 e. The van der Waals surface area contributed by atoms with E-state index in [1.807, 2.05) is 0 Å². The highest BCUT2D eigenvalue weighted by Gasteiger charge is 2.49. The van der Waals surface area contributed by atoms with Gasteiger partial charge in [-0.2, -0.15) is 30.7 Å². The lowest BCUT2D eigenvalue weighted by atomic mass is 10.0. The third kappa shape index (κ3) is 4.87. The molecule has 0 heterocycles. The van der Waals surface area contributed by atoms with Gasteiger partial charge in [0.15, 0.2) is 40.4 Å². The number of nitrogen functional groups attached to an aromatic ring is 2. The van der Waals surface area contributed by atoms with E-state index in [1.165, 1.54) is 0 Å². The number of hydrogen-bond donors (Lipinski definition) is 2. The molecule has 0 aliphatic rings. The first kappa shape index (κ1) is 26.6. The van der Waals surface area contributed by atoms with Gasteiger partial charge in [0.2, 0.25) is 5.82 Å². The number of halogens is 12. The summed E-state index contributed by atoms with van der Waals surface area (Å²) in [5.74, 6) is -20.2. The van der Waals surface area contributed by atoms with E-state index in [0.29, 0.717) is 0 Å². The molecule has 16 heteroatoms. The second-order valence-electron chi connectivity index (χ2n) is 6.84. The number of benzene rings is 3. The Labute approximate surface area is 191 Å². The zero-order valence-corrected chi connectivity index (χ0v) is 16.8. The van der Waals surface area contributed by atoms with Crippen LogP contribution in [-0.2, 0) is 12.4 Å². The van der Waals surface area contributed by atoms with Crippen LogP contribution < -0.4 is 20.9 Å². The molecule has 0 radical (unpaired) electrons. The second kappa shape index (κ2) is 8.91. The molecule has 0 spiro atoms. The minimum atomic E-state index is -6.09. The summed E-state index contributed by atoms with van der Waals surface area (Å²) in [6.45, 7) is 0. The van der Waals surface area contributed by atoms with E-state index in [-0.39, 0.29) is 24.3 Å². The van der Waals surface area contributed by atoms with Gasteiger partial charge in [-0.3, -0.25) is 0 Å². The fraction of sp³-hybridized carbons (Fsp3) is 0.100. The number of anilines is 2. The molecule has 0 aliphatic heterocycles. The standard InChI is InChI=1S/C20H8F12N2O2/c21-5-1-7(23)11(3-9(5)33)35-17-13(19(27,28)29)15(25)14(20(30,31)32)18(16(17)26)36-12-4-10(34)6(22)2-8(12)24/h1-4H,33-34H2. The minimum Gasteiger partial charge on any atom is -0.450 e. The van der Waals surface area contributed by atoms with E-state index >= 15 is 4.39 Å². The monoisotopic (exact) mass is 536 g/mol. The third-order valence-corrected chi connectivity index (χ3v) is 4.39. The maximum absolute atomic E-state index is 15.2. The zero-order chi connectivity index (χ0) is 27.3. The van der Waals surface area contributed by atoms with Crippen molar-refractivity contribution in [3.05, 3.63) is 70.3 Å². The Morgan fingerprint density at radius 1 is 0.500 bits per heavy atom. The van der Waals surface area contributed by atoms with Crippen molar-refractivity contribution in [3.8, 4) is 23.0 Å². The van der Waals surface area contributed by atoms with Crippen molar-refractivity contribution in [3.63, 3.8) is 0 Å². The molecule has 0 saturated carbocycles. The number of rotatable bonds is 4. The van der Waals surface area contributed by atoms with Gasteiger partial charge in [-0.25, -0.2) is 22.0 Å². The van der Waals surface area contributed by atoms with Crippen LogP contribution in [0, 0.1) is 34.9 Å². The number of ether oxygens (including phenoxy) is 2. The summed E-state index contributed by atoms with van der Waals surface area (Å²) in [7, 11) is 0. The summed E-state index contributed by atoms with van der Waals surface area (Å²) < 4.78 is 174. The molecular formula is C20H8F12N2O2. The van der Waals surface area contributed by atoms with Gasteiger partial charge < -0.3 is 20.9 Å². The molecule has 194 valence electrons. The maximum atomic E-state index is 15.2. The van der Waals surface area contributed by atoms with Crippen molar-refractivity contribution in [2.45, 2.75) is 12.4 Å². The highest BCUT2D eigenvalue weighted by molar-refractivity contribution is 5.56. The van der Waals surface area contributed by atoms with Gasteiger partial charge in [-0.15, -0.1) is 0 Å². The van der Waals surface area contributed by atoms with Gasteiger partial charge in [-0.05, 0) is 0 Å². The highest BCUT2D eigenvalue weighted by Crippen LogP contribution is 2.52. The molecule has 0 bridgehead atoms. The molecule has 0 fully saturated rings. The fourth-order valence-corrected chi connectivity index (χ4v) is 2.81. The van der Waals surface area contributed by atoms with Crippen molar-refractivity contribution in [2.75, 3.05) is 11.5 Å². The molecule has 0 aromatic heterocycles. The second-order valence-corrected chi connectivity index (χ2v) is 6.84. The first-order valence-electron chi connectivity index (χ1n) is 8.97. The molecule has 0 amide bonds. The topological polar surface area (TPSA) is 70.5 Å². The largest absolute Gasteiger partial charge is 0.450 e. The summed E-state index contributed by atoms with van der Waals surface area (Å²) in [4.78, 5) is 0. The Morgan fingerprint density at radius 3 is 1.14 bits per heavy atom. The number of nitrogens with two attached hydrogens (primary N) is 2. The lowest BCUT2D eigenvalue weighted by Gasteiger charge is -2.22. The molecule has 0 aliphatic carbocycles. The number of alkyl halides is 6. The predicted molar refractivity (Wildman–Crippen MR) is 98.1 cm³/mol. The van der Waals surface area contributed by atoms with E-state index < -0.39 is 92.8 Å². The number of hydrogen-bond acceptors (Lipinski definition) is 4. The van der Waals surface area contributed by atoms with Crippen LogP contribution in [0.15, 0.2) is 24.3 Å². The van der Waals surface area contributed by atoms with Gasteiger partial charge in [0, 0.05) is 24.3 Å². The lowest BCUT2D eigenvalue weighted by molar-refractivity contribution is -0.149. The lowest BCUT2D eigenvalue weighted by Crippen LogP contribution is -2.20. The van der Waals surface area contributed by atoms with Crippen molar-refractivity contribution >= 4 is 11.4 Å².